The molecule has 11 heteroatoms. The summed E-state index contributed by atoms with van der Waals surface area (Å²) in [5, 5.41) is 14.2. The van der Waals surface area contributed by atoms with Crippen LogP contribution in [0.3, 0.4) is 0 Å². The van der Waals surface area contributed by atoms with Gasteiger partial charge in [0.25, 0.3) is 11.6 Å². The highest BCUT2D eigenvalue weighted by Gasteiger charge is 2.36. The molecule has 0 aliphatic heterocycles. The molecule has 138 valence electrons. The molecule has 0 bridgehead atoms. The first-order valence-corrected chi connectivity index (χ1v) is 7.88. The van der Waals surface area contributed by atoms with Crippen molar-refractivity contribution in [3.8, 4) is 0 Å². The molecule has 1 amide bonds. The van der Waals surface area contributed by atoms with Crippen molar-refractivity contribution in [1.29, 1.82) is 0 Å². The molecule has 1 aromatic heterocycles. The number of ether oxygens (including phenoxy) is 1. The minimum absolute atomic E-state index is 0.232. The van der Waals surface area contributed by atoms with Gasteiger partial charge in [0.05, 0.1) is 16.2 Å². The van der Waals surface area contributed by atoms with Gasteiger partial charge in [0.2, 0.25) is 0 Å². The molecule has 1 aromatic carbocycles. The number of esters is 1. The topological polar surface area (TPSA) is 98.5 Å². The maximum absolute atomic E-state index is 13.1. The van der Waals surface area contributed by atoms with Gasteiger partial charge < -0.3 is 10.1 Å². The van der Waals surface area contributed by atoms with Crippen LogP contribution in [0.4, 0.5) is 24.5 Å². The van der Waals surface area contributed by atoms with Crippen LogP contribution in [0.15, 0.2) is 35.7 Å². The molecule has 7 nitrogen and oxygen atoms in total. The first-order chi connectivity index (χ1) is 12.1. The smallest absolute Gasteiger partial charge is 0.418 e. The van der Waals surface area contributed by atoms with E-state index < -0.39 is 46.0 Å². The maximum Gasteiger partial charge on any atom is 0.418 e. The van der Waals surface area contributed by atoms with E-state index in [1.807, 2.05) is 5.32 Å². The number of halogens is 3. The molecule has 0 aliphatic rings. The van der Waals surface area contributed by atoms with Crippen LogP contribution in [-0.2, 0) is 15.7 Å². The molecule has 0 unspecified atom stereocenters. The van der Waals surface area contributed by atoms with Crippen molar-refractivity contribution in [3.05, 3.63) is 56.3 Å². The largest absolute Gasteiger partial charge is 0.448 e. The number of nitro benzene ring substituents is 1. The molecule has 2 aromatic rings. The Labute approximate surface area is 148 Å². The highest BCUT2D eigenvalue weighted by Crippen LogP contribution is 2.37. The first-order valence-electron chi connectivity index (χ1n) is 7.00. The third-order valence-electron chi connectivity index (χ3n) is 3.15. The number of hydrogen-bond donors (Lipinski definition) is 1. The van der Waals surface area contributed by atoms with E-state index in [0.29, 0.717) is 6.07 Å². The van der Waals surface area contributed by atoms with Crippen LogP contribution in [0.2, 0.25) is 0 Å². The lowest BCUT2D eigenvalue weighted by atomic mass is 10.1. The average Bonchev–Trinajstić information content (AvgIpc) is 3.08. The summed E-state index contributed by atoms with van der Waals surface area (Å²) in [6.07, 6.45) is -6.30. The number of hydrogen-bond acceptors (Lipinski definition) is 6. The second-order valence-corrected chi connectivity index (χ2v) is 5.95. The quantitative estimate of drug-likeness (QED) is 0.476. The predicted octanol–water partition coefficient (Wildman–Crippen LogP) is 3.86. The third kappa shape index (κ3) is 4.57. The van der Waals surface area contributed by atoms with Gasteiger partial charge in [0.1, 0.15) is 4.88 Å². The highest BCUT2D eigenvalue weighted by atomic mass is 32.1. The zero-order valence-electron chi connectivity index (χ0n) is 13.1. The molecule has 1 atom stereocenters. The number of nitrogens with zero attached hydrogens (tertiary/aromatic N) is 1. The van der Waals surface area contributed by atoms with Crippen molar-refractivity contribution in [1.82, 2.24) is 0 Å². The molecule has 0 saturated carbocycles. The second kappa shape index (κ2) is 7.52. The molecular weight excluding hydrogens is 377 g/mol. The Morgan fingerprint density at radius 2 is 2.00 bits per heavy atom. The van der Waals surface area contributed by atoms with Crippen molar-refractivity contribution in [2.45, 2.75) is 19.2 Å². The van der Waals surface area contributed by atoms with Crippen LogP contribution in [0.25, 0.3) is 0 Å². The van der Waals surface area contributed by atoms with Crippen LogP contribution in [0.5, 0.6) is 0 Å². The monoisotopic (exact) mass is 388 g/mol. The van der Waals surface area contributed by atoms with Gasteiger partial charge in [-0.3, -0.25) is 14.9 Å². The number of nitrogens with one attached hydrogen (secondary N) is 1. The van der Waals surface area contributed by atoms with Crippen molar-refractivity contribution in [2.24, 2.45) is 0 Å². The fourth-order valence-corrected chi connectivity index (χ4v) is 2.50. The fraction of sp³-hybridized carbons (Fsp3) is 0.200. The minimum atomic E-state index is -4.93. The van der Waals surface area contributed by atoms with Gasteiger partial charge in [-0.1, -0.05) is 6.07 Å². The summed E-state index contributed by atoms with van der Waals surface area (Å²) >= 11 is 1.08. The number of amides is 1. The molecule has 0 radical (unpaired) electrons. The fourth-order valence-electron chi connectivity index (χ4n) is 1.89. The van der Waals surface area contributed by atoms with Crippen LogP contribution in [0.1, 0.15) is 22.2 Å². The van der Waals surface area contributed by atoms with E-state index in [1.54, 1.807) is 11.4 Å². The average molecular weight is 388 g/mol. The number of rotatable bonds is 5. The number of thiophene rings is 1. The number of non-ortho nitro benzene ring substituents is 1. The van der Waals surface area contributed by atoms with Gasteiger partial charge in [-0.15, -0.1) is 11.3 Å². The number of benzene rings is 1. The normalized spacial score (nSPS) is 12.3. The van der Waals surface area contributed by atoms with Gasteiger partial charge in [-0.05, 0) is 24.4 Å². The van der Waals surface area contributed by atoms with Crippen LogP contribution in [-0.4, -0.2) is 22.9 Å². The standard InChI is InChI=1S/C15H11F3N2O5S/c1-8(25-14(22)12-3-2-6-26-12)13(21)19-11-5-4-9(20(23)24)7-10(11)15(16,17)18/h2-8H,1H3,(H,19,21)/t8-/m0/s1. The Bertz CT molecular complexity index is 836. The minimum Gasteiger partial charge on any atom is -0.448 e. The molecule has 1 heterocycles. The van der Waals surface area contributed by atoms with Gasteiger partial charge in [0, 0.05) is 12.1 Å². The summed E-state index contributed by atoms with van der Waals surface area (Å²) in [5.41, 5.74) is -2.82. The van der Waals surface area contributed by atoms with Crippen molar-refractivity contribution in [2.75, 3.05) is 5.32 Å². The van der Waals surface area contributed by atoms with Gasteiger partial charge >= 0.3 is 12.1 Å². The molecule has 0 fully saturated rings. The van der Waals surface area contributed by atoms with E-state index in [1.165, 1.54) is 13.0 Å². The Kier molecular flexibility index (Phi) is 5.60. The van der Waals surface area contributed by atoms with Gasteiger partial charge in [-0.2, -0.15) is 13.2 Å². The summed E-state index contributed by atoms with van der Waals surface area (Å²) in [6.45, 7) is 1.19. The van der Waals surface area contributed by atoms with Crippen LogP contribution < -0.4 is 5.32 Å². The third-order valence-corrected chi connectivity index (χ3v) is 4.00. The first kappa shape index (κ1) is 19.4. The molecule has 1 N–H and O–H groups in total. The zero-order valence-corrected chi connectivity index (χ0v) is 13.9. The number of alkyl halides is 3. The molecule has 0 saturated heterocycles. The van der Waals surface area contributed by atoms with Crippen molar-refractivity contribution < 1.29 is 32.4 Å². The maximum atomic E-state index is 13.1. The van der Waals surface area contributed by atoms with Crippen molar-refractivity contribution in [3.63, 3.8) is 0 Å². The summed E-state index contributed by atoms with van der Waals surface area (Å²) in [6, 6.07) is 4.98. The molecule has 0 aliphatic carbocycles. The van der Waals surface area contributed by atoms with E-state index in [0.717, 1.165) is 23.5 Å². The number of carbonyl (C=O) groups excluding carboxylic acids is 2. The lowest BCUT2D eigenvalue weighted by Crippen LogP contribution is -2.30. The number of anilines is 1. The lowest BCUT2D eigenvalue weighted by molar-refractivity contribution is -0.385. The Balaban J connectivity index is 2.17. The number of nitro groups is 1. The SMILES string of the molecule is C[C@H](OC(=O)c1cccs1)C(=O)Nc1ccc([N+](=O)[O-])cc1C(F)(F)F. The Morgan fingerprint density at radius 3 is 2.54 bits per heavy atom. The molecule has 26 heavy (non-hydrogen) atoms. The Morgan fingerprint density at radius 1 is 1.31 bits per heavy atom. The van der Waals surface area contributed by atoms with Crippen LogP contribution >= 0.6 is 11.3 Å². The number of carbonyl (C=O) groups is 2. The van der Waals surface area contributed by atoms with Gasteiger partial charge in [-0.25, -0.2) is 4.79 Å². The second-order valence-electron chi connectivity index (χ2n) is 5.00. The van der Waals surface area contributed by atoms with Gasteiger partial charge in [0.15, 0.2) is 6.10 Å². The summed E-state index contributed by atoms with van der Waals surface area (Å²) in [5.74, 6) is -1.79. The molecule has 0 spiro atoms. The summed E-state index contributed by atoms with van der Waals surface area (Å²) in [4.78, 5) is 33.7. The van der Waals surface area contributed by atoms with E-state index in [-0.39, 0.29) is 4.88 Å². The Hall–Kier alpha value is -2.95. The lowest BCUT2D eigenvalue weighted by Gasteiger charge is -2.16. The molecule has 2 rings (SSSR count). The van der Waals surface area contributed by atoms with E-state index >= 15 is 0 Å². The summed E-state index contributed by atoms with van der Waals surface area (Å²) in [7, 11) is 0. The molecular formula is C15H11F3N2O5S. The van der Waals surface area contributed by atoms with Crippen LogP contribution in [0, 0.1) is 10.1 Å². The van der Waals surface area contributed by atoms with E-state index in [9.17, 15) is 32.9 Å². The van der Waals surface area contributed by atoms with E-state index in [2.05, 4.69) is 0 Å². The predicted molar refractivity (Wildman–Crippen MR) is 85.9 cm³/mol. The zero-order chi connectivity index (χ0) is 19.5. The van der Waals surface area contributed by atoms with E-state index in [4.69, 9.17) is 4.74 Å². The summed E-state index contributed by atoms with van der Waals surface area (Å²) < 4.78 is 44.1. The highest BCUT2D eigenvalue weighted by molar-refractivity contribution is 7.11. The van der Waals surface area contributed by atoms with Crippen molar-refractivity contribution >= 4 is 34.6 Å².